The van der Waals surface area contributed by atoms with Crippen LogP contribution in [0.3, 0.4) is 0 Å². The fourth-order valence-corrected chi connectivity index (χ4v) is 2.39. The van der Waals surface area contributed by atoms with E-state index in [1.807, 2.05) is 30.3 Å². The monoisotopic (exact) mass is 361 g/mol. The summed E-state index contributed by atoms with van der Waals surface area (Å²) in [5, 5.41) is 0. The Hall–Kier alpha value is -2.14. The molecule has 22 heavy (non-hydrogen) atoms. The molecule has 0 saturated carbocycles. The SMILES string of the molecule is C[C@@H](Oc1ccc(Br)cc1C=O)C(=O)N(C)c1ccccc1. The lowest BCUT2D eigenvalue weighted by atomic mass is 10.2. The Morgan fingerprint density at radius 2 is 1.91 bits per heavy atom. The van der Waals surface area contributed by atoms with E-state index in [4.69, 9.17) is 4.74 Å². The number of hydrogen-bond acceptors (Lipinski definition) is 3. The van der Waals surface area contributed by atoms with Gasteiger partial charge >= 0.3 is 0 Å². The highest BCUT2D eigenvalue weighted by atomic mass is 79.9. The van der Waals surface area contributed by atoms with Crippen molar-refractivity contribution in [2.75, 3.05) is 11.9 Å². The predicted molar refractivity (Wildman–Crippen MR) is 89.5 cm³/mol. The number of halogens is 1. The molecule has 0 bridgehead atoms. The molecular weight excluding hydrogens is 346 g/mol. The Balaban J connectivity index is 2.13. The summed E-state index contributed by atoms with van der Waals surface area (Å²) in [6.45, 7) is 1.67. The molecular formula is C17H16BrNO3. The Kier molecular flexibility index (Phi) is 5.33. The minimum absolute atomic E-state index is 0.189. The van der Waals surface area contributed by atoms with Crippen LogP contribution in [0.4, 0.5) is 5.69 Å². The minimum atomic E-state index is -0.704. The number of ether oxygens (including phenoxy) is 1. The van der Waals surface area contributed by atoms with Gasteiger partial charge in [0.05, 0.1) is 5.56 Å². The molecule has 1 amide bonds. The average molecular weight is 362 g/mol. The predicted octanol–water partition coefficient (Wildman–Crippen LogP) is 3.69. The van der Waals surface area contributed by atoms with Gasteiger partial charge < -0.3 is 9.64 Å². The van der Waals surface area contributed by atoms with Crippen LogP contribution in [0.25, 0.3) is 0 Å². The Bertz CT molecular complexity index is 673. The van der Waals surface area contributed by atoms with E-state index >= 15 is 0 Å². The summed E-state index contributed by atoms with van der Waals surface area (Å²) in [5.74, 6) is 0.200. The zero-order chi connectivity index (χ0) is 16.1. The molecule has 4 nitrogen and oxygen atoms in total. The van der Waals surface area contributed by atoms with E-state index < -0.39 is 6.10 Å². The normalized spacial score (nSPS) is 11.6. The third-order valence-electron chi connectivity index (χ3n) is 3.22. The number of benzene rings is 2. The quantitative estimate of drug-likeness (QED) is 0.763. The van der Waals surface area contributed by atoms with Crippen molar-refractivity contribution in [1.82, 2.24) is 0 Å². The van der Waals surface area contributed by atoms with Crippen LogP contribution in [0.1, 0.15) is 17.3 Å². The van der Waals surface area contributed by atoms with Crippen molar-refractivity contribution in [1.29, 1.82) is 0 Å². The number of nitrogens with zero attached hydrogens (tertiary/aromatic N) is 1. The number of carbonyl (C=O) groups is 2. The van der Waals surface area contributed by atoms with Crippen LogP contribution >= 0.6 is 15.9 Å². The van der Waals surface area contributed by atoms with Gasteiger partial charge in [0.1, 0.15) is 5.75 Å². The van der Waals surface area contributed by atoms with Crippen LogP contribution in [0.2, 0.25) is 0 Å². The number of likely N-dealkylation sites (N-methyl/N-ethyl adjacent to an activating group) is 1. The summed E-state index contributed by atoms with van der Waals surface area (Å²) >= 11 is 3.30. The van der Waals surface area contributed by atoms with Gasteiger partial charge in [-0.05, 0) is 37.3 Å². The lowest BCUT2D eigenvalue weighted by molar-refractivity contribution is -0.124. The Morgan fingerprint density at radius 3 is 2.55 bits per heavy atom. The maximum atomic E-state index is 12.4. The average Bonchev–Trinajstić information content (AvgIpc) is 2.55. The van der Waals surface area contributed by atoms with E-state index in [0.717, 1.165) is 10.2 Å². The van der Waals surface area contributed by atoms with Gasteiger partial charge in [0.2, 0.25) is 0 Å². The first-order valence-corrected chi connectivity index (χ1v) is 7.56. The van der Waals surface area contributed by atoms with Crippen LogP contribution in [0.15, 0.2) is 53.0 Å². The minimum Gasteiger partial charge on any atom is -0.480 e. The lowest BCUT2D eigenvalue weighted by Crippen LogP contribution is -2.38. The van der Waals surface area contributed by atoms with Gasteiger partial charge in [0.25, 0.3) is 5.91 Å². The van der Waals surface area contributed by atoms with Gasteiger partial charge in [-0.2, -0.15) is 0 Å². The highest BCUT2D eigenvalue weighted by Gasteiger charge is 2.21. The van der Waals surface area contributed by atoms with Gasteiger partial charge in [-0.25, -0.2) is 0 Å². The van der Waals surface area contributed by atoms with Crippen LogP contribution < -0.4 is 9.64 Å². The fraction of sp³-hybridized carbons (Fsp3) is 0.176. The number of hydrogen-bond donors (Lipinski definition) is 0. The summed E-state index contributed by atoms with van der Waals surface area (Å²) < 4.78 is 6.43. The molecule has 0 aliphatic carbocycles. The van der Waals surface area contributed by atoms with Crippen LogP contribution in [-0.2, 0) is 4.79 Å². The molecule has 0 aromatic heterocycles. The fourth-order valence-electron chi connectivity index (χ4n) is 2.01. The van der Waals surface area contributed by atoms with E-state index in [0.29, 0.717) is 17.6 Å². The molecule has 0 radical (unpaired) electrons. The van der Waals surface area contributed by atoms with Gasteiger partial charge in [-0.3, -0.25) is 9.59 Å². The van der Waals surface area contributed by atoms with Crippen molar-refractivity contribution in [3.63, 3.8) is 0 Å². The highest BCUT2D eigenvalue weighted by Crippen LogP contribution is 2.23. The standard InChI is InChI=1S/C17H16BrNO3/c1-12(17(21)19(2)15-6-4-3-5-7-15)22-16-9-8-14(18)10-13(16)11-20/h3-12H,1-2H3/t12-/m1/s1. The lowest BCUT2D eigenvalue weighted by Gasteiger charge is -2.22. The molecule has 0 N–H and O–H groups in total. The summed E-state index contributed by atoms with van der Waals surface area (Å²) in [6.07, 6.45) is 0.00292. The molecule has 0 heterocycles. The molecule has 1 atom stereocenters. The van der Waals surface area contributed by atoms with Crippen molar-refractivity contribution in [3.8, 4) is 5.75 Å². The molecule has 0 saturated heterocycles. The molecule has 0 spiro atoms. The number of aldehydes is 1. The molecule has 2 aromatic carbocycles. The molecule has 0 aliphatic rings. The number of carbonyl (C=O) groups excluding carboxylic acids is 2. The summed E-state index contributed by atoms with van der Waals surface area (Å²) in [5.41, 5.74) is 1.19. The van der Waals surface area contributed by atoms with Crippen LogP contribution in [0, 0.1) is 0 Å². The third kappa shape index (κ3) is 3.74. The zero-order valence-corrected chi connectivity index (χ0v) is 13.9. The first-order chi connectivity index (χ1) is 10.5. The third-order valence-corrected chi connectivity index (χ3v) is 3.72. The second-order valence-corrected chi connectivity index (χ2v) is 5.71. The smallest absolute Gasteiger partial charge is 0.267 e. The van der Waals surface area contributed by atoms with E-state index in [1.165, 1.54) is 4.90 Å². The largest absolute Gasteiger partial charge is 0.480 e. The summed E-state index contributed by atoms with van der Waals surface area (Å²) in [7, 11) is 1.69. The molecule has 0 aliphatic heterocycles. The van der Waals surface area contributed by atoms with Crippen LogP contribution in [-0.4, -0.2) is 25.3 Å². The van der Waals surface area contributed by atoms with Crippen LogP contribution in [0.5, 0.6) is 5.75 Å². The number of para-hydroxylation sites is 1. The van der Waals surface area contributed by atoms with Gasteiger partial charge in [-0.15, -0.1) is 0 Å². The van der Waals surface area contributed by atoms with E-state index in [9.17, 15) is 9.59 Å². The molecule has 2 rings (SSSR count). The number of anilines is 1. The number of rotatable bonds is 5. The highest BCUT2D eigenvalue weighted by molar-refractivity contribution is 9.10. The summed E-state index contributed by atoms with van der Waals surface area (Å²) in [6, 6.07) is 14.4. The Morgan fingerprint density at radius 1 is 1.23 bits per heavy atom. The molecule has 0 unspecified atom stereocenters. The van der Waals surface area contributed by atoms with E-state index in [-0.39, 0.29) is 5.91 Å². The second-order valence-electron chi connectivity index (χ2n) is 4.79. The van der Waals surface area contributed by atoms with Crippen molar-refractivity contribution in [2.45, 2.75) is 13.0 Å². The first-order valence-electron chi connectivity index (χ1n) is 6.77. The maximum absolute atomic E-state index is 12.4. The zero-order valence-electron chi connectivity index (χ0n) is 12.3. The molecule has 0 fully saturated rings. The second kappa shape index (κ2) is 7.22. The van der Waals surface area contributed by atoms with Crippen molar-refractivity contribution in [3.05, 3.63) is 58.6 Å². The maximum Gasteiger partial charge on any atom is 0.267 e. The first kappa shape index (κ1) is 16.2. The van der Waals surface area contributed by atoms with Crippen molar-refractivity contribution >= 4 is 33.8 Å². The van der Waals surface area contributed by atoms with E-state index in [1.54, 1.807) is 32.2 Å². The van der Waals surface area contributed by atoms with Gasteiger partial charge in [0.15, 0.2) is 12.4 Å². The number of amides is 1. The molecule has 5 heteroatoms. The summed E-state index contributed by atoms with van der Waals surface area (Å²) in [4.78, 5) is 25.0. The Labute approximate surface area is 137 Å². The molecule has 2 aromatic rings. The van der Waals surface area contributed by atoms with Crippen molar-refractivity contribution < 1.29 is 14.3 Å². The van der Waals surface area contributed by atoms with Gasteiger partial charge in [0, 0.05) is 17.2 Å². The topological polar surface area (TPSA) is 46.6 Å². The van der Waals surface area contributed by atoms with Gasteiger partial charge in [-0.1, -0.05) is 34.1 Å². The van der Waals surface area contributed by atoms with Crippen molar-refractivity contribution in [2.24, 2.45) is 0 Å². The van der Waals surface area contributed by atoms with E-state index in [2.05, 4.69) is 15.9 Å². The molecule has 114 valence electrons.